The Balaban J connectivity index is 2.01. The first-order chi connectivity index (χ1) is 12.3. The molecule has 0 aliphatic rings. The zero-order valence-corrected chi connectivity index (χ0v) is 16.2. The van der Waals surface area contributed by atoms with Crippen molar-refractivity contribution < 1.29 is 17.9 Å². The van der Waals surface area contributed by atoms with Crippen molar-refractivity contribution in [2.75, 3.05) is 31.8 Å². The maximum Gasteiger partial charge on any atom is 0.239 e. The van der Waals surface area contributed by atoms with E-state index in [0.717, 1.165) is 16.1 Å². The Bertz CT molecular complexity index is 871. The molecule has 2 aromatic rings. The van der Waals surface area contributed by atoms with E-state index in [2.05, 4.69) is 5.32 Å². The van der Waals surface area contributed by atoms with Gasteiger partial charge in [-0.25, -0.2) is 8.42 Å². The number of carbonyl (C=O) groups is 1. The Morgan fingerprint density at radius 2 is 1.92 bits per heavy atom. The van der Waals surface area contributed by atoms with Crippen molar-refractivity contribution in [2.24, 2.45) is 0 Å². The van der Waals surface area contributed by atoms with E-state index in [0.29, 0.717) is 22.9 Å². The molecule has 2 rings (SSSR count). The van der Waals surface area contributed by atoms with Crippen LogP contribution >= 0.6 is 11.6 Å². The maximum absolute atomic E-state index is 12.2. The monoisotopic (exact) mass is 396 g/mol. The molecule has 0 aromatic heterocycles. The lowest BCUT2D eigenvalue weighted by Crippen LogP contribution is -2.38. The van der Waals surface area contributed by atoms with E-state index in [9.17, 15) is 13.2 Å². The smallest absolute Gasteiger partial charge is 0.239 e. The van der Waals surface area contributed by atoms with Crippen molar-refractivity contribution in [2.45, 2.75) is 6.42 Å². The zero-order chi connectivity index (χ0) is 19.2. The number of hydrogen-bond donors (Lipinski definition) is 1. The second kappa shape index (κ2) is 9.02. The molecule has 2 aromatic carbocycles. The van der Waals surface area contributed by atoms with Gasteiger partial charge in [-0.2, -0.15) is 4.31 Å². The Morgan fingerprint density at radius 3 is 2.58 bits per heavy atom. The quantitative estimate of drug-likeness (QED) is 0.744. The van der Waals surface area contributed by atoms with E-state index >= 15 is 0 Å². The van der Waals surface area contributed by atoms with Gasteiger partial charge in [0.2, 0.25) is 15.9 Å². The summed E-state index contributed by atoms with van der Waals surface area (Å²) in [5.41, 5.74) is 1.44. The van der Waals surface area contributed by atoms with Gasteiger partial charge in [0.1, 0.15) is 5.75 Å². The number of carbonyl (C=O) groups excluding carboxylic acids is 1. The fourth-order valence-corrected chi connectivity index (χ4v) is 3.34. The third-order valence-electron chi connectivity index (χ3n) is 3.68. The minimum Gasteiger partial charge on any atom is -0.497 e. The lowest BCUT2D eigenvalue weighted by Gasteiger charge is -2.19. The Morgan fingerprint density at radius 1 is 1.19 bits per heavy atom. The Labute approximate surface area is 158 Å². The number of nitrogens with one attached hydrogen (secondary N) is 1. The SMILES string of the molecule is COc1cccc(CCN(CC(=O)Nc2cccc(Cl)c2)S(C)(=O)=O)c1. The van der Waals surface area contributed by atoms with Crippen molar-refractivity contribution in [3.8, 4) is 5.75 Å². The number of nitrogens with zero attached hydrogens (tertiary/aromatic N) is 1. The largest absolute Gasteiger partial charge is 0.497 e. The van der Waals surface area contributed by atoms with Crippen molar-refractivity contribution in [1.82, 2.24) is 4.31 Å². The van der Waals surface area contributed by atoms with Crippen LogP contribution in [0.3, 0.4) is 0 Å². The summed E-state index contributed by atoms with van der Waals surface area (Å²) in [6, 6.07) is 14.1. The van der Waals surface area contributed by atoms with Crippen LogP contribution < -0.4 is 10.1 Å². The number of amides is 1. The number of methoxy groups -OCH3 is 1. The lowest BCUT2D eigenvalue weighted by molar-refractivity contribution is -0.116. The van der Waals surface area contributed by atoms with Crippen molar-refractivity contribution in [3.63, 3.8) is 0 Å². The molecule has 1 N–H and O–H groups in total. The van der Waals surface area contributed by atoms with Gasteiger partial charge >= 0.3 is 0 Å². The van der Waals surface area contributed by atoms with Crippen LogP contribution in [0.25, 0.3) is 0 Å². The third-order valence-corrected chi connectivity index (χ3v) is 5.17. The number of hydrogen-bond acceptors (Lipinski definition) is 4. The summed E-state index contributed by atoms with van der Waals surface area (Å²) in [6.45, 7) is -0.0791. The van der Waals surface area contributed by atoms with Crippen LogP contribution in [0, 0.1) is 0 Å². The molecule has 6 nitrogen and oxygen atoms in total. The van der Waals surface area contributed by atoms with Crippen LogP contribution in [0.15, 0.2) is 48.5 Å². The molecule has 0 unspecified atom stereocenters. The minimum absolute atomic E-state index is 0.189. The van der Waals surface area contributed by atoms with E-state index in [4.69, 9.17) is 16.3 Å². The molecule has 0 saturated heterocycles. The molecule has 0 radical (unpaired) electrons. The fraction of sp³-hybridized carbons (Fsp3) is 0.278. The van der Waals surface area contributed by atoms with Crippen LogP contribution in [0.5, 0.6) is 5.75 Å². The van der Waals surface area contributed by atoms with E-state index < -0.39 is 15.9 Å². The lowest BCUT2D eigenvalue weighted by atomic mass is 10.1. The summed E-state index contributed by atoms with van der Waals surface area (Å²) < 4.78 is 30.3. The van der Waals surface area contributed by atoms with Gasteiger partial charge in [0, 0.05) is 17.3 Å². The minimum atomic E-state index is -3.53. The first kappa shape index (κ1) is 20.2. The summed E-state index contributed by atoms with van der Waals surface area (Å²) in [6.07, 6.45) is 1.56. The van der Waals surface area contributed by atoms with Gasteiger partial charge in [-0.15, -0.1) is 0 Å². The summed E-state index contributed by atoms with van der Waals surface area (Å²) in [5.74, 6) is 0.274. The van der Waals surface area contributed by atoms with Crippen LogP contribution in [0.2, 0.25) is 5.02 Å². The molecule has 0 aliphatic heterocycles. The summed E-state index contributed by atoms with van der Waals surface area (Å²) in [4.78, 5) is 12.2. The molecule has 26 heavy (non-hydrogen) atoms. The molecule has 0 heterocycles. The molecule has 0 bridgehead atoms. The van der Waals surface area contributed by atoms with Crippen molar-refractivity contribution in [1.29, 1.82) is 0 Å². The van der Waals surface area contributed by atoms with Crippen LogP contribution in [-0.2, 0) is 21.2 Å². The Hall–Kier alpha value is -2.09. The molecule has 140 valence electrons. The molecule has 0 spiro atoms. The standard InChI is InChI=1S/C18H21ClN2O4S/c1-25-17-8-3-5-14(11-17)9-10-21(26(2,23)24)13-18(22)20-16-7-4-6-15(19)12-16/h3-8,11-12H,9-10,13H2,1-2H3,(H,20,22). The van der Waals surface area contributed by atoms with Gasteiger partial charge in [-0.05, 0) is 42.3 Å². The van der Waals surface area contributed by atoms with Crippen LogP contribution in [0.1, 0.15) is 5.56 Å². The normalized spacial score (nSPS) is 11.4. The van der Waals surface area contributed by atoms with Gasteiger partial charge in [-0.3, -0.25) is 4.79 Å². The van der Waals surface area contributed by atoms with E-state index in [1.165, 1.54) is 0 Å². The third kappa shape index (κ3) is 6.33. The van der Waals surface area contributed by atoms with Gasteiger partial charge in [0.25, 0.3) is 0 Å². The summed E-state index contributed by atoms with van der Waals surface area (Å²) in [7, 11) is -1.96. The summed E-state index contributed by atoms with van der Waals surface area (Å²) >= 11 is 5.88. The van der Waals surface area contributed by atoms with Crippen molar-refractivity contribution in [3.05, 3.63) is 59.1 Å². The number of ether oxygens (including phenoxy) is 1. The number of anilines is 1. The zero-order valence-electron chi connectivity index (χ0n) is 14.6. The average molecular weight is 397 g/mol. The number of sulfonamides is 1. The first-order valence-corrected chi connectivity index (χ1v) is 10.1. The number of halogens is 1. The van der Waals surface area contributed by atoms with Gasteiger partial charge in [-0.1, -0.05) is 29.8 Å². The van der Waals surface area contributed by atoms with E-state index in [-0.39, 0.29) is 13.1 Å². The maximum atomic E-state index is 12.2. The Kier molecular flexibility index (Phi) is 7.02. The van der Waals surface area contributed by atoms with Gasteiger partial charge < -0.3 is 10.1 Å². The highest BCUT2D eigenvalue weighted by atomic mass is 35.5. The topological polar surface area (TPSA) is 75.7 Å². The molecule has 0 aliphatic carbocycles. The van der Waals surface area contributed by atoms with E-state index in [1.807, 2.05) is 24.3 Å². The molecular weight excluding hydrogens is 376 g/mol. The van der Waals surface area contributed by atoms with Crippen LogP contribution in [-0.4, -0.2) is 45.1 Å². The number of benzene rings is 2. The molecule has 8 heteroatoms. The highest BCUT2D eigenvalue weighted by Gasteiger charge is 2.20. The average Bonchev–Trinajstić information content (AvgIpc) is 2.57. The van der Waals surface area contributed by atoms with Gasteiger partial charge in [0.15, 0.2) is 0 Å². The molecule has 0 saturated carbocycles. The second-order valence-corrected chi connectivity index (χ2v) is 8.18. The van der Waals surface area contributed by atoms with E-state index in [1.54, 1.807) is 31.4 Å². The molecular formula is C18H21ClN2O4S. The van der Waals surface area contributed by atoms with Crippen molar-refractivity contribution >= 4 is 33.2 Å². The highest BCUT2D eigenvalue weighted by Crippen LogP contribution is 2.16. The highest BCUT2D eigenvalue weighted by molar-refractivity contribution is 7.88. The number of rotatable bonds is 8. The molecule has 1 amide bonds. The van der Waals surface area contributed by atoms with Crippen LogP contribution in [0.4, 0.5) is 5.69 Å². The molecule has 0 atom stereocenters. The predicted molar refractivity (Wildman–Crippen MR) is 103 cm³/mol. The first-order valence-electron chi connectivity index (χ1n) is 7.91. The second-order valence-electron chi connectivity index (χ2n) is 5.76. The van der Waals surface area contributed by atoms with Gasteiger partial charge in [0.05, 0.1) is 19.9 Å². The fourth-order valence-electron chi connectivity index (χ4n) is 2.37. The predicted octanol–water partition coefficient (Wildman–Crippen LogP) is 2.79. The summed E-state index contributed by atoms with van der Waals surface area (Å²) in [5, 5.41) is 3.14. The molecule has 0 fully saturated rings.